The zero-order valence-electron chi connectivity index (χ0n) is 15.9. The maximum absolute atomic E-state index is 13.1. The number of sulfonamides is 1. The van der Waals surface area contributed by atoms with E-state index in [1.165, 1.54) is 44.2 Å². The lowest BCUT2D eigenvalue weighted by Crippen LogP contribution is -2.52. The molecular weight excluding hydrogens is 382 g/mol. The zero-order valence-corrected chi connectivity index (χ0v) is 17.5. The van der Waals surface area contributed by atoms with Crippen LogP contribution in [0.5, 0.6) is 0 Å². The monoisotopic (exact) mass is 409 g/mol. The standard InChI is InChI=1S/C21H28ClNO3S/c1-21(2,23-27(25,26)18-5-3-4-17(22)11-18)20(24)12-19-15-7-13-6-14(9-15)10-16(19)8-13/h3-5,11,13-16,19,23H,6-10,12H2,1-2H3. The van der Waals surface area contributed by atoms with Gasteiger partial charge in [-0.2, -0.15) is 4.72 Å². The number of rotatable bonds is 6. The third kappa shape index (κ3) is 3.83. The van der Waals surface area contributed by atoms with Gasteiger partial charge in [-0.25, -0.2) is 8.42 Å². The predicted octanol–water partition coefficient (Wildman–Crippen LogP) is 4.43. The molecule has 4 fully saturated rings. The largest absolute Gasteiger partial charge is 0.298 e. The van der Waals surface area contributed by atoms with Gasteiger partial charge in [0.1, 0.15) is 0 Å². The van der Waals surface area contributed by atoms with Crippen LogP contribution in [0.1, 0.15) is 52.4 Å². The van der Waals surface area contributed by atoms with Crippen LogP contribution in [-0.4, -0.2) is 19.7 Å². The molecule has 0 spiro atoms. The topological polar surface area (TPSA) is 63.2 Å². The number of nitrogens with one attached hydrogen (secondary N) is 1. The van der Waals surface area contributed by atoms with Crippen molar-refractivity contribution in [2.45, 2.75) is 62.8 Å². The minimum Gasteiger partial charge on any atom is -0.298 e. The summed E-state index contributed by atoms with van der Waals surface area (Å²) in [6.45, 7) is 3.35. The van der Waals surface area contributed by atoms with Gasteiger partial charge in [0.15, 0.2) is 5.78 Å². The molecule has 4 aliphatic carbocycles. The SMILES string of the molecule is CC(C)(NS(=O)(=O)c1cccc(Cl)c1)C(=O)CC1C2CC3CC(C2)CC1C3. The van der Waals surface area contributed by atoms with Gasteiger partial charge in [0.25, 0.3) is 0 Å². The number of benzene rings is 1. The molecule has 4 nitrogen and oxygen atoms in total. The van der Waals surface area contributed by atoms with Crippen molar-refractivity contribution in [1.82, 2.24) is 4.72 Å². The van der Waals surface area contributed by atoms with E-state index in [-0.39, 0.29) is 10.7 Å². The molecule has 0 atom stereocenters. The molecule has 0 saturated heterocycles. The molecule has 0 aliphatic heterocycles. The zero-order chi connectivity index (χ0) is 19.4. The van der Waals surface area contributed by atoms with Gasteiger partial charge >= 0.3 is 0 Å². The van der Waals surface area contributed by atoms with Crippen molar-refractivity contribution < 1.29 is 13.2 Å². The molecule has 1 aromatic carbocycles. The Labute approximate surface area is 167 Å². The second-order valence-electron chi connectivity index (χ2n) is 9.41. The summed E-state index contributed by atoms with van der Waals surface area (Å²) in [5.74, 6) is 3.48. The molecule has 27 heavy (non-hydrogen) atoms. The van der Waals surface area contributed by atoms with Crippen LogP contribution < -0.4 is 4.72 Å². The minimum absolute atomic E-state index is 0.00873. The fourth-order valence-corrected chi connectivity index (χ4v) is 7.62. The van der Waals surface area contributed by atoms with Gasteiger partial charge in [-0.1, -0.05) is 17.7 Å². The third-order valence-electron chi connectivity index (χ3n) is 7.04. The quantitative estimate of drug-likeness (QED) is 0.755. The number of hydrogen-bond donors (Lipinski definition) is 1. The van der Waals surface area contributed by atoms with Crippen molar-refractivity contribution in [2.24, 2.45) is 29.6 Å². The highest BCUT2D eigenvalue weighted by atomic mass is 35.5. The van der Waals surface area contributed by atoms with Crippen molar-refractivity contribution in [3.63, 3.8) is 0 Å². The van der Waals surface area contributed by atoms with E-state index in [0.717, 1.165) is 11.8 Å². The normalized spacial score (nSPS) is 32.6. The second kappa shape index (κ2) is 6.85. The smallest absolute Gasteiger partial charge is 0.241 e. The van der Waals surface area contributed by atoms with Crippen molar-refractivity contribution >= 4 is 27.4 Å². The molecule has 1 aromatic rings. The Morgan fingerprint density at radius 2 is 1.70 bits per heavy atom. The van der Waals surface area contributed by atoms with Crippen molar-refractivity contribution in [2.75, 3.05) is 0 Å². The first kappa shape index (κ1) is 19.4. The Morgan fingerprint density at radius 3 is 2.26 bits per heavy atom. The summed E-state index contributed by atoms with van der Waals surface area (Å²) in [4.78, 5) is 13.2. The molecule has 1 N–H and O–H groups in total. The molecule has 4 saturated carbocycles. The average molecular weight is 410 g/mol. The fourth-order valence-electron chi connectivity index (χ4n) is 5.93. The minimum atomic E-state index is -3.80. The number of hydrogen-bond acceptors (Lipinski definition) is 3. The molecule has 6 heteroatoms. The lowest BCUT2D eigenvalue weighted by molar-refractivity contribution is -0.128. The van der Waals surface area contributed by atoms with Gasteiger partial charge in [0.2, 0.25) is 10.0 Å². The highest BCUT2D eigenvalue weighted by molar-refractivity contribution is 7.89. The van der Waals surface area contributed by atoms with Crippen LogP contribution in [0.4, 0.5) is 0 Å². The summed E-state index contributed by atoms with van der Waals surface area (Å²) in [5.41, 5.74) is -1.13. The lowest BCUT2D eigenvalue weighted by Gasteiger charge is -2.54. The van der Waals surface area contributed by atoms with Gasteiger partial charge < -0.3 is 0 Å². The maximum Gasteiger partial charge on any atom is 0.241 e. The van der Waals surface area contributed by atoms with Crippen molar-refractivity contribution in [1.29, 1.82) is 0 Å². The Balaban J connectivity index is 1.46. The molecule has 0 heterocycles. The molecule has 4 aliphatic rings. The molecule has 0 radical (unpaired) electrons. The number of carbonyl (C=O) groups is 1. The molecule has 0 unspecified atom stereocenters. The highest BCUT2D eigenvalue weighted by Crippen LogP contribution is 2.57. The van der Waals surface area contributed by atoms with E-state index in [4.69, 9.17) is 11.6 Å². The third-order valence-corrected chi connectivity index (χ3v) is 8.92. The van der Waals surface area contributed by atoms with Crippen LogP contribution in [0.15, 0.2) is 29.2 Å². The van der Waals surface area contributed by atoms with Crippen LogP contribution in [0.25, 0.3) is 0 Å². The maximum atomic E-state index is 13.1. The van der Waals surface area contributed by atoms with Crippen LogP contribution in [-0.2, 0) is 14.8 Å². The summed E-state index contributed by atoms with van der Waals surface area (Å²) >= 11 is 5.92. The molecular formula is C21H28ClNO3S. The molecule has 4 bridgehead atoms. The van der Waals surface area contributed by atoms with Crippen LogP contribution in [0.3, 0.4) is 0 Å². The van der Waals surface area contributed by atoms with Gasteiger partial charge in [0.05, 0.1) is 10.4 Å². The Kier molecular flexibility index (Phi) is 4.93. The van der Waals surface area contributed by atoms with E-state index < -0.39 is 15.6 Å². The van der Waals surface area contributed by atoms with Gasteiger partial charge in [-0.05, 0) is 93.7 Å². The van der Waals surface area contributed by atoms with Crippen LogP contribution in [0, 0.1) is 29.6 Å². The van der Waals surface area contributed by atoms with Gasteiger partial charge in [0, 0.05) is 11.4 Å². The molecule has 5 rings (SSSR count). The summed E-state index contributed by atoms with van der Waals surface area (Å²) in [5, 5.41) is 0.357. The van der Waals surface area contributed by atoms with E-state index >= 15 is 0 Å². The Morgan fingerprint density at radius 1 is 1.11 bits per heavy atom. The van der Waals surface area contributed by atoms with Crippen LogP contribution in [0.2, 0.25) is 5.02 Å². The Bertz CT molecular complexity index is 821. The van der Waals surface area contributed by atoms with E-state index in [2.05, 4.69) is 4.72 Å². The lowest BCUT2D eigenvalue weighted by atomic mass is 9.51. The first-order chi connectivity index (χ1) is 12.6. The van der Waals surface area contributed by atoms with Crippen molar-refractivity contribution in [3.8, 4) is 0 Å². The first-order valence-corrected chi connectivity index (χ1v) is 11.8. The predicted molar refractivity (Wildman–Crippen MR) is 106 cm³/mol. The summed E-state index contributed by atoms with van der Waals surface area (Å²) < 4.78 is 28.1. The van der Waals surface area contributed by atoms with Crippen molar-refractivity contribution in [3.05, 3.63) is 29.3 Å². The first-order valence-electron chi connectivity index (χ1n) is 9.97. The number of ketones is 1. The fraction of sp³-hybridized carbons (Fsp3) is 0.667. The second-order valence-corrected chi connectivity index (χ2v) is 11.5. The van der Waals surface area contributed by atoms with Gasteiger partial charge in [-0.15, -0.1) is 0 Å². The number of Topliss-reactive ketones (excluding diaryl/α,β-unsaturated/α-hetero) is 1. The van der Waals surface area contributed by atoms with Crippen LogP contribution >= 0.6 is 11.6 Å². The highest BCUT2D eigenvalue weighted by Gasteiger charge is 2.49. The number of halogens is 1. The number of carbonyl (C=O) groups excluding carboxylic acids is 1. The molecule has 148 valence electrons. The molecule has 0 aromatic heterocycles. The average Bonchev–Trinajstić information content (AvgIpc) is 2.56. The van der Waals surface area contributed by atoms with E-state index in [1.54, 1.807) is 26.0 Å². The van der Waals surface area contributed by atoms with Gasteiger partial charge in [-0.3, -0.25) is 4.79 Å². The summed E-state index contributed by atoms with van der Waals surface area (Å²) in [6, 6.07) is 6.12. The summed E-state index contributed by atoms with van der Waals surface area (Å²) in [7, 11) is -3.80. The Hall–Kier alpha value is -0.910. The van der Waals surface area contributed by atoms with E-state index in [0.29, 0.717) is 29.2 Å². The summed E-state index contributed by atoms with van der Waals surface area (Å²) in [6.07, 6.45) is 6.93. The van der Waals surface area contributed by atoms with E-state index in [1.807, 2.05) is 0 Å². The molecule has 0 amide bonds. The van der Waals surface area contributed by atoms with E-state index in [9.17, 15) is 13.2 Å².